The lowest BCUT2D eigenvalue weighted by molar-refractivity contribution is 0.111. The lowest BCUT2D eigenvalue weighted by Gasteiger charge is -1.80. The quantitative estimate of drug-likeness (QED) is 0.756. The number of nitrogens with zero attached hydrogens (tertiary/aromatic N) is 1. The molecule has 0 atom stereocenters. The van der Waals surface area contributed by atoms with Crippen molar-refractivity contribution < 1.29 is 9.59 Å². The Labute approximate surface area is 87.5 Å². The number of carbonyl (C=O) groups excluding carboxylic acids is 2. The Balaban J connectivity index is 0.000000151. The second-order valence-corrected chi connectivity index (χ2v) is 2.99. The molecule has 2 heterocycles. The van der Waals surface area contributed by atoms with E-state index in [1.165, 1.54) is 0 Å². The second kappa shape index (κ2) is 5.59. The third kappa shape index (κ3) is 3.64. The zero-order chi connectivity index (χ0) is 11.1. The van der Waals surface area contributed by atoms with Crippen molar-refractivity contribution >= 4 is 12.6 Å². The van der Waals surface area contributed by atoms with Gasteiger partial charge in [-0.3, -0.25) is 9.59 Å². The third-order valence-corrected chi connectivity index (χ3v) is 1.75. The average molecular weight is 204 g/mol. The van der Waals surface area contributed by atoms with E-state index in [-0.39, 0.29) is 0 Å². The van der Waals surface area contributed by atoms with Gasteiger partial charge in [0.15, 0.2) is 12.6 Å². The van der Waals surface area contributed by atoms with Crippen LogP contribution in [-0.2, 0) is 7.05 Å². The van der Waals surface area contributed by atoms with E-state index < -0.39 is 0 Å². The van der Waals surface area contributed by atoms with Crippen LogP contribution in [0.25, 0.3) is 0 Å². The summed E-state index contributed by atoms with van der Waals surface area (Å²) in [6.45, 7) is 0. The number of aromatic amines is 1. The lowest BCUT2D eigenvalue weighted by Crippen LogP contribution is -1.78. The maximum Gasteiger partial charge on any atom is 0.151 e. The monoisotopic (exact) mass is 204 g/mol. The number of aryl methyl sites for hydroxylation is 1. The number of hydrogen-bond donors (Lipinski definition) is 1. The molecule has 0 spiro atoms. The summed E-state index contributed by atoms with van der Waals surface area (Å²) in [5.41, 5.74) is 1.42. The molecule has 0 saturated heterocycles. The lowest BCUT2D eigenvalue weighted by atomic mass is 10.4. The first-order valence-corrected chi connectivity index (χ1v) is 4.41. The third-order valence-electron chi connectivity index (χ3n) is 1.75. The number of rotatable bonds is 2. The van der Waals surface area contributed by atoms with Gasteiger partial charge >= 0.3 is 0 Å². The largest absolute Gasteiger partial charge is 0.367 e. The van der Waals surface area contributed by atoms with Gasteiger partial charge < -0.3 is 9.55 Å². The van der Waals surface area contributed by atoms with Crippen LogP contribution in [0.15, 0.2) is 36.9 Å². The average Bonchev–Trinajstić information content (AvgIpc) is 2.88. The highest BCUT2D eigenvalue weighted by molar-refractivity contribution is 5.74. The highest BCUT2D eigenvalue weighted by Crippen LogP contribution is 1.92. The zero-order valence-electron chi connectivity index (χ0n) is 8.38. The first-order valence-electron chi connectivity index (χ1n) is 4.41. The molecule has 0 saturated carbocycles. The van der Waals surface area contributed by atoms with Crippen LogP contribution < -0.4 is 0 Å². The SMILES string of the molecule is Cn1ccc(C=O)c1.O=Cc1cc[nH]c1. The normalized spacial score (nSPS) is 8.87. The fourth-order valence-electron chi connectivity index (χ4n) is 1.00. The van der Waals surface area contributed by atoms with Crippen LogP contribution in [-0.4, -0.2) is 22.1 Å². The van der Waals surface area contributed by atoms with Gasteiger partial charge in [0.2, 0.25) is 0 Å². The van der Waals surface area contributed by atoms with Gasteiger partial charge in [-0.15, -0.1) is 0 Å². The summed E-state index contributed by atoms with van der Waals surface area (Å²) in [5, 5.41) is 0. The summed E-state index contributed by atoms with van der Waals surface area (Å²) < 4.78 is 1.84. The molecule has 0 aromatic carbocycles. The smallest absolute Gasteiger partial charge is 0.151 e. The fraction of sp³-hybridized carbons (Fsp3) is 0.0909. The predicted molar refractivity (Wildman–Crippen MR) is 57.0 cm³/mol. The van der Waals surface area contributed by atoms with E-state index in [1.807, 2.05) is 17.8 Å². The minimum absolute atomic E-state index is 0.694. The maximum atomic E-state index is 10.0. The van der Waals surface area contributed by atoms with Gasteiger partial charge in [-0.05, 0) is 12.1 Å². The van der Waals surface area contributed by atoms with Gasteiger partial charge in [0.05, 0.1) is 0 Å². The number of carbonyl (C=O) groups is 2. The molecule has 2 aromatic heterocycles. The van der Waals surface area contributed by atoms with Gasteiger partial charge in [-0.1, -0.05) is 0 Å². The van der Waals surface area contributed by atoms with Gasteiger partial charge in [-0.25, -0.2) is 0 Å². The highest BCUT2D eigenvalue weighted by Gasteiger charge is 1.86. The van der Waals surface area contributed by atoms with E-state index in [2.05, 4.69) is 4.98 Å². The first kappa shape index (κ1) is 11.0. The number of aldehydes is 2. The Morgan fingerprint density at radius 3 is 2.20 bits per heavy atom. The van der Waals surface area contributed by atoms with E-state index in [1.54, 1.807) is 30.7 Å². The van der Waals surface area contributed by atoms with Crippen molar-refractivity contribution in [2.24, 2.45) is 7.05 Å². The van der Waals surface area contributed by atoms with Gasteiger partial charge in [-0.2, -0.15) is 0 Å². The Morgan fingerprint density at radius 1 is 1.20 bits per heavy atom. The number of hydrogen-bond acceptors (Lipinski definition) is 2. The molecular formula is C11H12N2O2. The molecular weight excluding hydrogens is 192 g/mol. The molecule has 0 unspecified atom stereocenters. The van der Waals surface area contributed by atoms with Crippen molar-refractivity contribution in [2.45, 2.75) is 0 Å². The molecule has 4 nitrogen and oxygen atoms in total. The summed E-state index contributed by atoms with van der Waals surface area (Å²) in [6, 6.07) is 3.49. The van der Waals surface area contributed by atoms with Crippen molar-refractivity contribution in [3.63, 3.8) is 0 Å². The van der Waals surface area contributed by atoms with E-state index in [9.17, 15) is 9.59 Å². The molecule has 0 aliphatic rings. The summed E-state index contributed by atoms with van der Waals surface area (Å²) in [6.07, 6.45) is 8.60. The topological polar surface area (TPSA) is 54.9 Å². The van der Waals surface area contributed by atoms with Crippen LogP contribution >= 0.6 is 0 Å². The number of H-pyrrole nitrogens is 1. The maximum absolute atomic E-state index is 10.0. The minimum Gasteiger partial charge on any atom is -0.367 e. The van der Waals surface area contributed by atoms with E-state index in [4.69, 9.17) is 0 Å². The minimum atomic E-state index is 0.694. The molecule has 78 valence electrons. The Morgan fingerprint density at radius 2 is 1.93 bits per heavy atom. The first-order chi connectivity index (χ1) is 7.26. The van der Waals surface area contributed by atoms with E-state index in [0.717, 1.165) is 18.1 Å². The van der Waals surface area contributed by atoms with Crippen LogP contribution in [0.3, 0.4) is 0 Å². The molecule has 0 fully saturated rings. The molecule has 0 radical (unpaired) electrons. The van der Waals surface area contributed by atoms with Crippen LogP contribution in [0, 0.1) is 0 Å². The second-order valence-electron chi connectivity index (χ2n) is 2.99. The fourth-order valence-corrected chi connectivity index (χ4v) is 1.00. The number of aromatic nitrogens is 2. The van der Waals surface area contributed by atoms with Crippen LogP contribution in [0.5, 0.6) is 0 Å². The van der Waals surface area contributed by atoms with Crippen molar-refractivity contribution in [2.75, 3.05) is 0 Å². The van der Waals surface area contributed by atoms with Crippen LogP contribution in [0.1, 0.15) is 20.7 Å². The highest BCUT2D eigenvalue weighted by atomic mass is 16.1. The van der Waals surface area contributed by atoms with Crippen LogP contribution in [0.4, 0.5) is 0 Å². The Bertz CT molecular complexity index is 415. The molecule has 0 amide bonds. The Kier molecular flexibility index (Phi) is 4.09. The molecule has 15 heavy (non-hydrogen) atoms. The summed E-state index contributed by atoms with van der Waals surface area (Å²) in [5.74, 6) is 0. The van der Waals surface area contributed by atoms with Crippen molar-refractivity contribution in [3.8, 4) is 0 Å². The van der Waals surface area contributed by atoms with E-state index >= 15 is 0 Å². The summed E-state index contributed by atoms with van der Waals surface area (Å²) in [4.78, 5) is 22.6. The summed E-state index contributed by atoms with van der Waals surface area (Å²) in [7, 11) is 1.88. The van der Waals surface area contributed by atoms with Crippen molar-refractivity contribution in [3.05, 3.63) is 48.0 Å². The van der Waals surface area contributed by atoms with E-state index in [0.29, 0.717) is 5.56 Å². The molecule has 4 heteroatoms. The van der Waals surface area contributed by atoms with Crippen molar-refractivity contribution in [1.82, 2.24) is 9.55 Å². The zero-order valence-corrected chi connectivity index (χ0v) is 8.38. The molecule has 0 bridgehead atoms. The van der Waals surface area contributed by atoms with Crippen LogP contribution in [0.2, 0.25) is 0 Å². The van der Waals surface area contributed by atoms with Gasteiger partial charge in [0.1, 0.15) is 0 Å². The molecule has 0 aliphatic heterocycles. The van der Waals surface area contributed by atoms with Gasteiger partial charge in [0.25, 0.3) is 0 Å². The molecule has 1 N–H and O–H groups in total. The molecule has 2 aromatic rings. The molecule has 0 aliphatic carbocycles. The van der Waals surface area contributed by atoms with Crippen molar-refractivity contribution in [1.29, 1.82) is 0 Å². The number of nitrogens with one attached hydrogen (secondary N) is 1. The standard InChI is InChI=1S/C6H7NO.C5H5NO/c1-7-3-2-6(4-7)5-8;7-4-5-1-2-6-3-5/h2-5H,1H3;1-4,6H. The Hall–Kier alpha value is -2.10. The molecule has 2 rings (SSSR count). The summed E-state index contributed by atoms with van der Waals surface area (Å²) >= 11 is 0. The van der Waals surface area contributed by atoms with Gasteiger partial charge in [0, 0.05) is 43.0 Å². The predicted octanol–water partition coefficient (Wildman–Crippen LogP) is 1.66.